The van der Waals surface area contributed by atoms with Crippen molar-refractivity contribution < 1.29 is 9.13 Å². The Morgan fingerprint density at radius 3 is 3.00 bits per heavy atom. The van der Waals surface area contributed by atoms with Crippen LogP contribution in [0.1, 0.15) is 36.6 Å². The smallest absolute Gasteiger partial charge is 0.132 e. The maximum Gasteiger partial charge on any atom is 0.132 e. The average Bonchev–Trinajstić information content (AvgIpc) is 3.23. The Kier molecular flexibility index (Phi) is 4.88. The fraction of sp³-hybridized carbons (Fsp3) is 0.529. The fourth-order valence-electron chi connectivity index (χ4n) is 2.58. The quantitative estimate of drug-likeness (QED) is 0.727. The van der Waals surface area contributed by atoms with Gasteiger partial charge in [0.2, 0.25) is 0 Å². The molecular weight excluding hydrogens is 285 g/mol. The summed E-state index contributed by atoms with van der Waals surface area (Å²) in [7, 11) is 0. The molecule has 1 fully saturated rings. The number of hydrogen-bond acceptors (Lipinski definition) is 3. The molecule has 0 bridgehead atoms. The zero-order chi connectivity index (χ0) is 14.7. The van der Waals surface area contributed by atoms with Gasteiger partial charge in [-0.15, -0.1) is 11.3 Å². The van der Waals surface area contributed by atoms with Gasteiger partial charge in [-0.1, -0.05) is 25.8 Å². The van der Waals surface area contributed by atoms with Crippen molar-refractivity contribution in [2.75, 3.05) is 13.2 Å². The molecule has 3 rings (SSSR count). The van der Waals surface area contributed by atoms with E-state index in [0.717, 1.165) is 47.7 Å². The van der Waals surface area contributed by atoms with E-state index in [9.17, 15) is 4.39 Å². The second kappa shape index (κ2) is 6.86. The minimum atomic E-state index is -0.132. The molecule has 0 unspecified atom stereocenters. The largest absolute Gasteiger partial charge is 0.377 e. The predicted molar refractivity (Wildman–Crippen MR) is 86.2 cm³/mol. The third-order valence-corrected chi connectivity index (χ3v) is 5.19. The number of hydrogen-bond donors (Lipinski definition) is 1. The molecule has 2 nitrogen and oxygen atoms in total. The third kappa shape index (κ3) is 3.62. The van der Waals surface area contributed by atoms with E-state index in [1.807, 2.05) is 6.07 Å². The van der Waals surface area contributed by atoms with Crippen molar-refractivity contribution in [1.82, 2.24) is 5.32 Å². The van der Waals surface area contributed by atoms with Gasteiger partial charge in [0, 0.05) is 33.7 Å². The molecule has 0 aliphatic heterocycles. The van der Waals surface area contributed by atoms with E-state index in [-0.39, 0.29) is 5.82 Å². The minimum Gasteiger partial charge on any atom is -0.377 e. The Morgan fingerprint density at radius 1 is 1.38 bits per heavy atom. The van der Waals surface area contributed by atoms with Gasteiger partial charge in [-0.2, -0.15) is 0 Å². The first-order valence-corrected chi connectivity index (χ1v) is 8.58. The number of thiophene rings is 1. The molecule has 1 aromatic heterocycles. The molecule has 0 spiro atoms. The molecule has 114 valence electrons. The van der Waals surface area contributed by atoms with Crippen molar-refractivity contribution in [3.05, 3.63) is 34.5 Å². The highest BCUT2D eigenvalue weighted by Crippen LogP contribution is 2.35. The number of ether oxygens (including phenoxy) is 1. The summed E-state index contributed by atoms with van der Waals surface area (Å²) < 4.78 is 21.0. The zero-order valence-corrected chi connectivity index (χ0v) is 13.3. The van der Waals surface area contributed by atoms with E-state index in [1.165, 1.54) is 17.7 Å². The highest BCUT2D eigenvalue weighted by atomic mass is 32.1. The van der Waals surface area contributed by atoms with Crippen LogP contribution in [0, 0.1) is 11.7 Å². The van der Waals surface area contributed by atoms with E-state index >= 15 is 0 Å². The van der Waals surface area contributed by atoms with E-state index < -0.39 is 0 Å². The maximum atomic E-state index is 14.2. The predicted octanol–water partition coefficient (Wildman–Crippen LogP) is 4.47. The summed E-state index contributed by atoms with van der Waals surface area (Å²) in [6, 6.07) is 5.31. The van der Waals surface area contributed by atoms with Crippen molar-refractivity contribution in [1.29, 1.82) is 0 Å². The summed E-state index contributed by atoms with van der Waals surface area (Å²) in [4.78, 5) is 1.20. The number of fused-ring (bicyclic) bond motifs is 1. The number of nitrogens with one attached hydrogen (secondary N) is 1. The van der Waals surface area contributed by atoms with Crippen LogP contribution in [-0.2, 0) is 17.9 Å². The SMILES string of the molecule is CCNCc1sc2cccc(F)c2c1COCCC1CC1. The van der Waals surface area contributed by atoms with Gasteiger partial charge >= 0.3 is 0 Å². The lowest BCUT2D eigenvalue weighted by atomic mass is 10.1. The van der Waals surface area contributed by atoms with Crippen molar-refractivity contribution in [3.8, 4) is 0 Å². The summed E-state index contributed by atoms with van der Waals surface area (Å²) in [6.07, 6.45) is 3.85. The molecule has 1 heterocycles. The molecule has 1 aliphatic carbocycles. The van der Waals surface area contributed by atoms with Gasteiger partial charge < -0.3 is 10.1 Å². The lowest BCUT2D eigenvalue weighted by molar-refractivity contribution is 0.115. The molecule has 21 heavy (non-hydrogen) atoms. The lowest BCUT2D eigenvalue weighted by Crippen LogP contribution is -2.12. The summed E-state index contributed by atoms with van der Waals surface area (Å²) in [5.74, 6) is 0.745. The van der Waals surface area contributed by atoms with Gasteiger partial charge in [0.1, 0.15) is 5.82 Å². The van der Waals surface area contributed by atoms with Crippen LogP contribution < -0.4 is 5.32 Å². The van der Waals surface area contributed by atoms with Crippen LogP contribution in [0.15, 0.2) is 18.2 Å². The van der Waals surface area contributed by atoms with Crippen molar-refractivity contribution in [3.63, 3.8) is 0 Å². The van der Waals surface area contributed by atoms with Crippen molar-refractivity contribution >= 4 is 21.4 Å². The number of benzene rings is 1. The molecule has 2 aromatic rings. The topological polar surface area (TPSA) is 21.3 Å². The van der Waals surface area contributed by atoms with Crippen LogP contribution >= 0.6 is 11.3 Å². The van der Waals surface area contributed by atoms with Gasteiger partial charge in [-0.05, 0) is 31.0 Å². The van der Waals surface area contributed by atoms with E-state index in [1.54, 1.807) is 23.5 Å². The van der Waals surface area contributed by atoms with Crippen LogP contribution in [0.3, 0.4) is 0 Å². The van der Waals surface area contributed by atoms with Gasteiger partial charge in [0.15, 0.2) is 0 Å². The maximum absolute atomic E-state index is 14.2. The second-order valence-electron chi connectivity index (χ2n) is 5.68. The molecule has 1 N–H and O–H groups in total. The molecular formula is C17H22FNOS. The lowest BCUT2D eigenvalue weighted by Gasteiger charge is -2.07. The van der Waals surface area contributed by atoms with Crippen LogP contribution in [0.5, 0.6) is 0 Å². The second-order valence-corrected chi connectivity index (χ2v) is 6.82. The van der Waals surface area contributed by atoms with Crippen LogP contribution in [0.4, 0.5) is 4.39 Å². The fourth-order valence-corrected chi connectivity index (χ4v) is 3.77. The first-order valence-electron chi connectivity index (χ1n) is 7.76. The standard InChI is InChI=1S/C17H22FNOS/c1-2-19-10-16-13(11-20-9-8-12-6-7-12)17-14(18)4-3-5-15(17)21-16/h3-5,12,19H,2,6-11H2,1H3. The Bertz CT molecular complexity index is 606. The molecule has 0 radical (unpaired) electrons. The van der Waals surface area contributed by atoms with Crippen LogP contribution in [0.2, 0.25) is 0 Å². The summed E-state index contributed by atoms with van der Waals surface area (Å²) in [5.41, 5.74) is 1.03. The first-order chi connectivity index (χ1) is 10.3. The Labute approximate surface area is 129 Å². The summed E-state index contributed by atoms with van der Waals surface area (Å²) in [6.45, 7) is 5.10. The normalized spacial score (nSPS) is 15.0. The Balaban J connectivity index is 1.77. The van der Waals surface area contributed by atoms with E-state index in [4.69, 9.17) is 4.74 Å². The highest BCUT2D eigenvalue weighted by Gasteiger charge is 2.21. The molecule has 1 saturated carbocycles. The molecule has 1 aliphatic rings. The van der Waals surface area contributed by atoms with E-state index in [2.05, 4.69) is 12.2 Å². The monoisotopic (exact) mass is 307 g/mol. The van der Waals surface area contributed by atoms with Gasteiger partial charge in [-0.3, -0.25) is 0 Å². The van der Waals surface area contributed by atoms with Crippen molar-refractivity contribution in [2.45, 2.75) is 39.3 Å². The zero-order valence-electron chi connectivity index (χ0n) is 12.5. The molecule has 1 aromatic carbocycles. The number of halogens is 1. The van der Waals surface area contributed by atoms with Gasteiger partial charge in [-0.25, -0.2) is 4.39 Å². The summed E-state index contributed by atoms with van der Waals surface area (Å²) >= 11 is 1.67. The molecule has 4 heteroatoms. The molecule has 0 saturated heterocycles. The van der Waals surface area contributed by atoms with Crippen LogP contribution in [-0.4, -0.2) is 13.2 Å². The summed E-state index contributed by atoms with van der Waals surface area (Å²) in [5, 5.41) is 4.09. The van der Waals surface area contributed by atoms with Gasteiger partial charge in [0.05, 0.1) is 6.61 Å². The van der Waals surface area contributed by atoms with Crippen molar-refractivity contribution in [2.24, 2.45) is 5.92 Å². The Hall–Kier alpha value is -0.970. The first kappa shape index (κ1) is 14.9. The molecule has 0 atom stereocenters. The third-order valence-electron chi connectivity index (χ3n) is 4.00. The van der Waals surface area contributed by atoms with E-state index in [0.29, 0.717) is 6.61 Å². The number of rotatable bonds is 8. The average molecular weight is 307 g/mol. The molecule has 0 amide bonds. The Morgan fingerprint density at radius 2 is 2.24 bits per heavy atom. The van der Waals surface area contributed by atoms with Gasteiger partial charge in [0.25, 0.3) is 0 Å². The highest BCUT2D eigenvalue weighted by molar-refractivity contribution is 7.19. The van der Waals surface area contributed by atoms with Crippen LogP contribution in [0.25, 0.3) is 10.1 Å². The minimum absolute atomic E-state index is 0.132.